The second-order valence-corrected chi connectivity index (χ2v) is 11.2. The number of methoxy groups -OCH3 is 1. The maximum Gasteiger partial charge on any atom is 0.321 e. The van der Waals surface area contributed by atoms with Crippen LogP contribution < -0.4 is 10.6 Å². The highest BCUT2D eigenvalue weighted by molar-refractivity contribution is 6.33. The van der Waals surface area contributed by atoms with E-state index in [1.807, 2.05) is 29.2 Å². The molecule has 2 atom stereocenters. The van der Waals surface area contributed by atoms with E-state index in [2.05, 4.69) is 40.5 Å². The number of ether oxygens (including phenoxy) is 1. The van der Waals surface area contributed by atoms with E-state index in [-0.39, 0.29) is 11.4 Å². The zero-order chi connectivity index (χ0) is 26.3. The van der Waals surface area contributed by atoms with Crippen LogP contribution in [0, 0.1) is 11.8 Å². The molecule has 2 aliphatic carbocycles. The molecule has 3 aliphatic rings. The second kappa shape index (κ2) is 12.7. The third-order valence-electron chi connectivity index (χ3n) is 8.41. The van der Waals surface area contributed by atoms with E-state index in [0.29, 0.717) is 6.47 Å². The molecule has 0 aromatic heterocycles. The molecule has 3 fully saturated rings. The molecule has 2 aromatic rings. The van der Waals surface area contributed by atoms with Crippen molar-refractivity contribution in [2.24, 2.45) is 11.8 Å². The third kappa shape index (κ3) is 6.78. The fraction of sp³-hybridized carbons (Fsp3) is 0.533. The first kappa shape index (κ1) is 27.3. The lowest BCUT2D eigenvalue weighted by Gasteiger charge is -2.47. The van der Waals surface area contributed by atoms with Gasteiger partial charge in [0.1, 0.15) is 0 Å². The molecule has 1 aliphatic heterocycles. The van der Waals surface area contributed by atoms with Gasteiger partial charge in [0.25, 0.3) is 6.47 Å². The number of amides is 2. The Labute approximate surface area is 226 Å². The highest BCUT2D eigenvalue weighted by Gasteiger charge is 2.42. The smallest absolute Gasteiger partial charge is 0.321 e. The summed E-state index contributed by atoms with van der Waals surface area (Å²) in [5.41, 5.74) is 4.40. The van der Waals surface area contributed by atoms with Gasteiger partial charge in [-0.2, -0.15) is 0 Å². The van der Waals surface area contributed by atoms with Gasteiger partial charge < -0.3 is 20.3 Å². The number of nitrogens with zero attached hydrogens (tertiary/aromatic N) is 1. The van der Waals surface area contributed by atoms with Crippen molar-refractivity contribution in [3.8, 4) is 0 Å². The van der Waals surface area contributed by atoms with Gasteiger partial charge in [0.15, 0.2) is 0 Å². The lowest BCUT2D eigenvalue weighted by molar-refractivity contribution is -0.126. The molecule has 5 rings (SSSR count). The topological polar surface area (TPSA) is 70.7 Å². The van der Waals surface area contributed by atoms with Crippen molar-refractivity contribution in [3.63, 3.8) is 0 Å². The lowest BCUT2D eigenvalue weighted by atomic mass is 9.57. The number of fused-ring (bicyclic) bond motifs is 2. The second-order valence-electron chi connectivity index (χ2n) is 10.8. The summed E-state index contributed by atoms with van der Waals surface area (Å²) in [7, 11) is 1.31. The zero-order valence-electron chi connectivity index (χ0n) is 22.1. The minimum atomic E-state index is -0.0106. The van der Waals surface area contributed by atoms with Crippen LogP contribution in [0.15, 0.2) is 42.5 Å². The Morgan fingerprint density at radius 3 is 2.24 bits per heavy atom. The molecule has 200 valence electrons. The Morgan fingerprint density at radius 1 is 1.05 bits per heavy atom. The van der Waals surface area contributed by atoms with Gasteiger partial charge in [-0.25, -0.2) is 4.79 Å². The predicted molar refractivity (Wildman–Crippen MR) is 151 cm³/mol. The summed E-state index contributed by atoms with van der Waals surface area (Å²) < 4.78 is 3.86. The van der Waals surface area contributed by atoms with Crippen LogP contribution in [0.5, 0.6) is 0 Å². The van der Waals surface area contributed by atoms with E-state index in [4.69, 9.17) is 16.4 Å². The van der Waals surface area contributed by atoms with Crippen molar-refractivity contribution < 1.29 is 14.3 Å². The van der Waals surface area contributed by atoms with E-state index in [0.717, 1.165) is 59.9 Å². The van der Waals surface area contributed by atoms with Crippen LogP contribution in [0.1, 0.15) is 70.3 Å². The Bertz CT molecular complexity index is 1040. The molecule has 2 aromatic carbocycles. The highest BCUT2D eigenvalue weighted by Crippen LogP contribution is 2.52. The van der Waals surface area contributed by atoms with Crippen molar-refractivity contribution >= 4 is 41.2 Å². The van der Waals surface area contributed by atoms with E-state index in [9.17, 15) is 4.79 Å². The number of nitrogens with one attached hydrogen (secondary N) is 2. The van der Waals surface area contributed by atoms with Crippen LogP contribution in [0.2, 0.25) is 5.02 Å². The van der Waals surface area contributed by atoms with Crippen LogP contribution in [-0.4, -0.2) is 37.6 Å². The highest BCUT2D eigenvalue weighted by atomic mass is 35.5. The van der Waals surface area contributed by atoms with Crippen molar-refractivity contribution in [1.82, 2.24) is 4.90 Å². The molecule has 2 unspecified atom stereocenters. The van der Waals surface area contributed by atoms with Crippen molar-refractivity contribution in [3.05, 3.63) is 53.1 Å². The largest absolute Gasteiger partial charge is 0.471 e. The van der Waals surface area contributed by atoms with Gasteiger partial charge in [-0.15, -0.1) is 0 Å². The summed E-state index contributed by atoms with van der Waals surface area (Å²) in [5, 5.41) is 7.22. The van der Waals surface area contributed by atoms with Gasteiger partial charge in [-0.1, -0.05) is 43.9 Å². The first-order chi connectivity index (χ1) is 18.0. The van der Waals surface area contributed by atoms with Gasteiger partial charge in [-0.05, 0) is 97.7 Å². The summed E-state index contributed by atoms with van der Waals surface area (Å²) in [6.45, 7) is 4.42. The first-order valence-electron chi connectivity index (χ1n) is 13.7. The Morgan fingerprint density at radius 2 is 1.68 bits per heavy atom. The molecule has 1 saturated heterocycles. The van der Waals surface area contributed by atoms with Gasteiger partial charge in [0, 0.05) is 24.5 Å². The number of benzene rings is 2. The number of hydrogen-bond donors (Lipinski definition) is 2. The maximum atomic E-state index is 12.3. The van der Waals surface area contributed by atoms with E-state index in [1.54, 1.807) is 0 Å². The van der Waals surface area contributed by atoms with Crippen LogP contribution >= 0.6 is 11.6 Å². The normalized spacial score (nSPS) is 24.5. The molecular weight excluding hydrogens is 486 g/mol. The standard InChI is InChI=1S/C28H36ClN3O.C2H4O2/c1-2-28(18-20-6-5-7-21(16-20)19-28)22-8-13-26(25(29)17-22)30-23-9-11-24(12-10-23)31-27(33)32-14-3-4-15-32;1-4-2-3/h8-13,17,20-21,30H,2-7,14-16,18-19H2,1H3,(H,31,33);2H,1H3. The van der Waals surface area contributed by atoms with Crippen LogP contribution in [-0.2, 0) is 14.9 Å². The number of urea groups is 1. The molecular formula is C30H40ClN3O3. The number of halogens is 1. The Balaban J connectivity index is 0.000000747. The first-order valence-corrected chi connectivity index (χ1v) is 14.0. The van der Waals surface area contributed by atoms with E-state index < -0.39 is 0 Å². The fourth-order valence-electron chi connectivity index (χ4n) is 6.55. The molecule has 2 bridgehead atoms. The number of carbonyl (C=O) groups is 2. The summed E-state index contributed by atoms with van der Waals surface area (Å²) in [6, 6.07) is 14.5. The molecule has 2 saturated carbocycles. The summed E-state index contributed by atoms with van der Waals surface area (Å²) >= 11 is 6.79. The molecule has 37 heavy (non-hydrogen) atoms. The average molecular weight is 526 g/mol. The van der Waals surface area contributed by atoms with Gasteiger partial charge in [0.2, 0.25) is 0 Å². The van der Waals surface area contributed by atoms with Crippen LogP contribution in [0.25, 0.3) is 0 Å². The van der Waals surface area contributed by atoms with Crippen molar-refractivity contribution in [1.29, 1.82) is 0 Å². The number of rotatable bonds is 6. The summed E-state index contributed by atoms with van der Waals surface area (Å²) in [6.07, 6.45) is 11.7. The van der Waals surface area contributed by atoms with E-state index >= 15 is 0 Å². The van der Waals surface area contributed by atoms with Gasteiger partial charge >= 0.3 is 6.03 Å². The molecule has 0 radical (unpaired) electrons. The van der Waals surface area contributed by atoms with Crippen molar-refractivity contribution in [2.75, 3.05) is 30.8 Å². The summed E-state index contributed by atoms with van der Waals surface area (Å²) in [4.78, 5) is 23.1. The SMILES string of the molecule is CCC1(c2ccc(Nc3ccc(NC(=O)N4CCCC4)cc3)c(Cl)c2)CC2CCCC(C2)C1.COC=O. The minimum Gasteiger partial charge on any atom is -0.471 e. The quantitative estimate of drug-likeness (QED) is 0.378. The summed E-state index contributed by atoms with van der Waals surface area (Å²) in [5.74, 6) is 1.78. The van der Waals surface area contributed by atoms with Crippen LogP contribution in [0.4, 0.5) is 21.9 Å². The van der Waals surface area contributed by atoms with Gasteiger partial charge in [-0.3, -0.25) is 4.79 Å². The predicted octanol–water partition coefficient (Wildman–Crippen LogP) is 7.75. The number of carbonyl (C=O) groups excluding carboxylic acids is 2. The fourth-order valence-corrected chi connectivity index (χ4v) is 6.78. The molecule has 1 heterocycles. The molecule has 0 spiro atoms. The van der Waals surface area contributed by atoms with Crippen molar-refractivity contribution in [2.45, 2.75) is 70.1 Å². The molecule has 2 amide bonds. The average Bonchev–Trinajstić information content (AvgIpc) is 3.46. The molecule has 2 N–H and O–H groups in total. The lowest BCUT2D eigenvalue weighted by Crippen LogP contribution is -2.38. The molecule has 6 nitrogen and oxygen atoms in total. The monoisotopic (exact) mass is 525 g/mol. The maximum absolute atomic E-state index is 12.3. The number of anilines is 3. The zero-order valence-corrected chi connectivity index (χ0v) is 22.9. The number of likely N-dealkylation sites (tertiary alicyclic amines) is 1. The molecule has 7 heteroatoms. The van der Waals surface area contributed by atoms with Gasteiger partial charge in [0.05, 0.1) is 17.8 Å². The third-order valence-corrected chi connectivity index (χ3v) is 8.73. The Hall–Kier alpha value is -2.73. The Kier molecular flexibility index (Phi) is 9.36. The van der Waals surface area contributed by atoms with E-state index in [1.165, 1.54) is 57.6 Å². The number of hydrogen-bond acceptors (Lipinski definition) is 4. The van der Waals surface area contributed by atoms with Crippen LogP contribution in [0.3, 0.4) is 0 Å². The minimum absolute atomic E-state index is 0.0106.